The summed E-state index contributed by atoms with van der Waals surface area (Å²) in [4.78, 5) is 26.1. The molecule has 0 spiro atoms. The molecule has 0 aliphatic heterocycles. The Bertz CT molecular complexity index is 2070. The molecule has 0 atom stereocenters. The van der Waals surface area contributed by atoms with E-state index in [0.717, 1.165) is 5.56 Å². The van der Waals surface area contributed by atoms with Crippen molar-refractivity contribution < 1.29 is 36.9 Å². The van der Waals surface area contributed by atoms with E-state index in [1.807, 2.05) is 20.8 Å². The molecule has 5 aromatic rings. The minimum atomic E-state index is -4.24. The summed E-state index contributed by atoms with van der Waals surface area (Å²) in [6, 6.07) is 23.5. The quantitative estimate of drug-likeness (QED) is 0.124. The molecule has 0 saturated carbocycles. The summed E-state index contributed by atoms with van der Waals surface area (Å²) in [5.74, 6) is 0.970. The molecule has 5 rings (SSSR count). The number of para-hydroxylation sites is 2. The third kappa shape index (κ3) is 9.22. The molecular weight excluding hydrogens is 675 g/mol. The number of ether oxygens (including phenoxy) is 5. The lowest BCUT2D eigenvalue weighted by Crippen LogP contribution is -2.18. The van der Waals surface area contributed by atoms with Crippen LogP contribution in [0, 0.1) is 0 Å². The second-order valence-electron chi connectivity index (χ2n) is 12.1. The number of hydrogen-bond acceptors (Lipinski definition) is 11. The summed E-state index contributed by atoms with van der Waals surface area (Å²) in [5.41, 5.74) is 1.19. The smallest absolute Gasteiger partial charge is 0.263 e. The molecule has 0 aliphatic rings. The van der Waals surface area contributed by atoms with E-state index in [9.17, 15) is 13.2 Å². The lowest BCUT2D eigenvalue weighted by atomic mass is 9.87. The Morgan fingerprint density at radius 3 is 2.08 bits per heavy atom. The van der Waals surface area contributed by atoms with Crippen molar-refractivity contribution in [3.63, 3.8) is 0 Å². The van der Waals surface area contributed by atoms with Gasteiger partial charge in [-0.05, 0) is 59.5 Å². The van der Waals surface area contributed by atoms with Gasteiger partial charge < -0.3 is 29.0 Å². The first-order valence-electron chi connectivity index (χ1n) is 15.8. The van der Waals surface area contributed by atoms with Gasteiger partial charge in [0, 0.05) is 17.8 Å². The summed E-state index contributed by atoms with van der Waals surface area (Å²) < 4.78 is 59.2. The fourth-order valence-electron chi connectivity index (χ4n) is 4.77. The van der Waals surface area contributed by atoms with Gasteiger partial charge in [-0.3, -0.25) is 9.52 Å². The summed E-state index contributed by atoms with van der Waals surface area (Å²) in [7, 11) is 0.227. The topological polar surface area (TPSA) is 160 Å². The number of carbonyl (C=O) groups is 1. The predicted octanol–water partition coefficient (Wildman–Crippen LogP) is 6.86. The SMILES string of the molecule is COc1cc(OC)cc(-c2nc(NS(=O)(=O)c3ccc(C(C)(C)C)cc3)c(Oc3ccccc3OC)c(OCCC(=O)Nc3ccccn3)n2)c1. The number of hydrogen-bond donors (Lipinski definition) is 2. The third-order valence-corrected chi connectivity index (χ3v) is 8.84. The first-order valence-corrected chi connectivity index (χ1v) is 17.3. The number of rotatable bonds is 14. The molecule has 0 fully saturated rings. The molecule has 266 valence electrons. The standard InChI is InChI=1S/C37H39N5O8S/c1-37(2,3)25-14-16-28(17-15-25)51(44,45)42-35-33(50-30-12-8-7-11-29(30)48-6)36(49-20-18-32(43)39-31-13-9-10-19-38-31)41-34(40-35)24-21-26(46-4)23-27(22-24)47-5/h7-17,19,21-23H,18,20H2,1-6H3,(H,38,39,43)(H,40,41,42). The zero-order valence-electron chi connectivity index (χ0n) is 29.1. The Morgan fingerprint density at radius 2 is 1.47 bits per heavy atom. The van der Waals surface area contributed by atoms with Gasteiger partial charge in [-0.1, -0.05) is 51.1 Å². The average Bonchev–Trinajstić information content (AvgIpc) is 3.12. The van der Waals surface area contributed by atoms with Crippen LogP contribution < -0.4 is 33.7 Å². The van der Waals surface area contributed by atoms with Crippen LogP contribution in [0.15, 0.2) is 96.0 Å². The summed E-state index contributed by atoms with van der Waals surface area (Å²) >= 11 is 0. The van der Waals surface area contributed by atoms with Crippen LogP contribution in [0.3, 0.4) is 0 Å². The average molecular weight is 714 g/mol. The lowest BCUT2D eigenvalue weighted by Gasteiger charge is -2.20. The molecule has 3 aromatic carbocycles. The number of amides is 1. The minimum absolute atomic E-state index is 0.00406. The van der Waals surface area contributed by atoms with Gasteiger partial charge >= 0.3 is 0 Å². The number of carbonyl (C=O) groups excluding carboxylic acids is 1. The molecule has 13 nitrogen and oxygen atoms in total. The van der Waals surface area contributed by atoms with Crippen molar-refractivity contribution in [2.45, 2.75) is 37.5 Å². The first-order chi connectivity index (χ1) is 24.4. The zero-order valence-corrected chi connectivity index (χ0v) is 29.9. The van der Waals surface area contributed by atoms with Gasteiger partial charge in [0.15, 0.2) is 23.1 Å². The highest BCUT2D eigenvalue weighted by atomic mass is 32.2. The maximum absolute atomic E-state index is 13.9. The normalized spacial score (nSPS) is 11.3. The molecule has 2 aromatic heterocycles. The highest BCUT2D eigenvalue weighted by molar-refractivity contribution is 7.92. The second-order valence-corrected chi connectivity index (χ2v) is 13.8. The van der Waals surface area contributed by atoms with E-state index in [1.54, 1.807) is 79.0 Å². The van der Waals surface area contributed by atoms with Crippen molar-refractivity contribution in [3.05, 3.63) is 96.7 Å². The lowest BCUT2D eigenvalue weighted by molar-refractivity contribution is -0.116. The Labute approximate surface area is 297 Å². The van der Waals surface area contributed by atoms with Gasteiger partial charge in [-0.25, -0.2) is 18.4 Å². The van der Waals surface area contributed by atoms with Crippen molar-refractivity contribution in [1.82, 2.24) is 15.0 Å². The third-order valence-electron chi connectivity index (χ3n) is 7.49. The largest absolute Gasteiger partial charge is 0.497 e. The molecule has 0 bridgehead atoms. The van der Waals surface area contributed by atoms with E-state index in [4.69, 9.17) is 23.7 Å². The molecule has 0 unspecified atom stereocenters. The predicted molar refractivity (Wildman–Crippen MR) is 193 cm³/mol. The van der Waals surface area contributed by atoms with E-state index in [1.165, 1.54) is 33.5 Å². The van der Waals surface area contributed by atoms with Crippen molar-refractivity contribution in [1.29, 1.82) is 0 Å². The molecule has 0 aliphatic carbocycles. The Kier molecular flexibility index (Phi) is 11.2. The van der Waals surface area contributed by atoms with E-state index >= 15 is 0 Å². The number of anilines is 2. The van der Waals surface area contributed by atoms with Crippen LogP contribution in [-0.4, -0.2) is 57.2 Å². The van der Waals surface area contributed by atoms with E-state index in [0.29, 0.717) is 28.6 Å². The molecule has 2 heterocycles. The van der Waals surface area contributed by atoms with Gasteiger partial charge in [-0.2, -0.15) is 4.98 Å². The van der Waals surface area contributed by atoms with Gasteiger partial charge in [0.25, 0.3) is 15.9 Å². The maximum Gasteiger partial charge on any atom is 0.263 e. The van der Waals surface area contributed by atoms with Crippen LogP contribution in [0.5, 0.6) is 34.6 Å². The Balaban J connectivity index is 1.61. The molecule has 0 saturated heterocycles. The fraction of sp³-hybridized carbons (Fsp3) is 0.243. The number of methoxy groups -OCH3 is 3. The van der Waals surface area contributed by atoms with Crippen LogP contribution in [0.1, 0.15) is 32.8 Å². The van der Waals surface area contributed by atoms with Gasteiger partial charge in [0.05, 0.1) is 39.3 Å². The number of nitrogens with zero attached hydrogens (tertiary/aromatic N) is 3. The van der Waals surface area contributed by atoms with Crippen LogP contribution >= 0.6 is 0 Å². The van der Waals surface area contributed by atoms with E-state index in [2.05, 4.69) is 25.0 Å². The van der Waals surface area contributed by atoms with Crippen LogP contribution in [0.25, 0.3) is 11.4 Å². The highest BCUT2D eigenvalue weighted by Crippen LogP contribution is 2.42. The van der Waals surface area contributed by atoms with Gasteiger partial charge in [0.2, 0.25) is 11.7 Å². The van der Waals surface area contributed by atoms with Crippen molar-refractivity contribution in [3.8, 4) is 46.0 Å². The van der Waals surface area contributed by atoms with Crippen molar-refractivity contribution in [2.75, 3.05) is 38.0 Å². The molecule has 0 radical (unpaired) electrons. The monoisotopic (exact) mass is 713 g/mol. The zero-order chi connectivity index (χ0) is 36.6. The Hall–Kier alpha value is -5.89. The van der Waals surface area contributed by atoms with Crippen molar-refractivity contribution >= 4 is 27.6 Å². The first kappa shape index (κ1) is 36.4. The van der Waals surface area contributed by atoms with E-state index < -0.39 is 10.0 Å². The number of pyridine rings is 1. The number of sulfonamides is 1. The number of benzene rings is 3. The minimum Gasteiger partial charge on any atom is -0.497 e. The van der Waals surface area contributed by atoms with Crippen LogP contribution in [-0.2, 0) is 20.2 Å². The molecule has 1 amide bonds. The summed E-state index contributed by atoms with van der Waals surface area (Å²) in [6.45, 7) is 5.95. The molecular formula is C37H39N5O8S. The fourth-order valence-corrected chi connectivity index (χ4v) is 5.78. The molecule has 14 heteroatoms. The molecule has 51 heavy (non-hydrogen) atoms. The van der Waals surface area contributed by atoms with Crippen LogP contribution in [0.2, 0.25) is 0 Å². The molecule has 2 N–H and O–H groups in total. The second kappa shape index (κ2) is 15.8. The van der Waals surface area contributed by atoms with Crippen LogP contribution in [0.4, 0.5) is 11.6 Å². The van der Waals surface area contributed by atoms with Crippen molar-refractivity contribution in [2.24, 2.45) is 0 Å². The Morgan fingerprint density at radius 1 is 0.804 bits per heavy atom. The van der Waals surface area contributed by atoms with Gasteiger partial charge in [0.1, 0.15) is 17.3 Å². The van der Waals surface area contributed by atoms with Gasteiger partial charge in [-0.15, -0.1) is 0 Å². The highest BCUT2D eigenvalue weighted by Gasteiger charge is 2.26. The summed E-state index contributed by atoms with van der Waals surface area (Å²) in [6.07, 6.45) is 1.46. The van der Waals surface area contributed by atoms with E-state index in [-0.39, 0.29) is 58.3 Å². The summed E-state index contributed by atoms with van der Waals surface area (Å²) in [5, 5.41) is 2.70. The number of aromatic nitrogens is 3. The maximum atomic E-state index is 13.9. The number of nitrogens with one attached hydrogen (secondary N) is 2.